The predicted molar refractivity (Wildman–Crippen MR) is 94.3 cm³/mol. The summed E-state index contributed by atoms with van der Waals surface area (Å²) in [5, 5.41) is 11.3. The van der Waals surface area contributed by atoms with Crippen LogP contribution in [0.1, 0.15) is 22.8 Å². The van der Waals surface area contributed by atoms with Crippen molar-refractivity contribution in [3.05, 3.63) is 59.7 Å². The van der Waals surface area contributed by atoms with Crippen molar-refractivity contribution < 1.29 is 31.5 Å². The number of alkyl halides is 2. The van der Waals surface area contributed by atoms with Gasteiger partial charge >= 0.3 is 11.7 Å². The van der Waals surface area contributed by atoms with Gasteiger partial charge in [-0.15, -0.1) is 0 Å². The molecule has 0 aromatic heterocycles. The molecule has 7 nitrogen and oxygen atoms in total. The van der Waals surface area contributed by atoms with Crippen molar-refractivity contribution in [2.75, 3.05) is 5.32 Å². The summed E-state index contributed by atoms with van der Waals surface area (Å²) in [5.41, 5.74) is 0.564. The molecule has 1 atom stereocenters. The number of sulfone groups is 1. The smallest absolute Gasteiger partial charge is 0.341 e. The minimum Gasteiger partial charge on any atom is -0.449 e. The van der Waals surface area contributed by atoms with E-state index < -0.39 is 38.5 Å². The molecule has 2 rings (SSSR count). The van der Waals surface area contributed by atoms with Crippen molar-refractivity contribution >= 4 is 27.4 Å². The van der Waals surface area contributed by atoms with E-state index in [1.807, 2.05) is 6.07 Å². The molecule has 0 aliphatic carbocycles. The Morgan fingerprint density at radius 3 is 2.36 bits per heavy atom. The molecular formula is C18H14F2N2O5S. The summed E-state index contributed by atoms with van der Waals surface area (Å²) in [6.07, 6.45) is -1.21. The number of nitriles is 1. The molecule has 1 N–H and O–H groups in total. The van der Waals surface area contributed by atoms with Crippen LogP contribution >= 0.6 is 0 Å². The minimum atomic E-state index is -4.77. The Morgan fingerprint density at radius 2 is 1.79 bits per heavy atom. The van der Waals surface area contributed by atoms with E-state index in [1.54, 1.807) is 18.2 Å². The lowest BCUT2D eigenvalue weighted by molar-refractivity contribution is -0.123. The second-order valence-corrected chi connectivity index (χ2v) is 7.48. The van der Waals surface area contributed by atoms with Crippen LogP contribution in [0.15, 0.2) is 53.4 Å². The highest BCUT2D eigenvalue weighted by Gasteiger charge is 2.27. The van der Waals surface area contributed by atoms with Crippen molar-refractivity contribution in [2.24, 2.45) is 0 Å². The first-order chi connectivity index (χ1) is 13.1. The maximum Gasteiger partial charge on any atom is 0.341 e. The monoisotopic (exact) mass is 408 g/mol. The first-order valence-electron chi connectivity index (χ1n) is 7.79. The Bertz CT molecular complexity index is 1030. The number of ether oxygens (including phenoxy) is 1. The van der Waals surface area contributed by atoms with Crippen LogP contribution in [0.4, 0.5) is 14.5 Å². The van der Waals surface area contributed by atoms with Crippen molar-refractivity contribution in [3.63, 3.8) is 0 Å². The first-order valence-corrected chi connectivity index (χ1v) is 9.34. The summed E-state index contributed by atoms with van der Waals surface area (Å²) in [7, 11) is -4.77. The van der Waals surface area contributed by atoms with Gasteiger partial charge in [0.1, 0.15) is 0 Å². The number of carbonyl (C=O) groups excluding carboxylic acids is 2. The van der Waals surface area contributed by atoms with Crippen LogP contribution in [0.25, 0.3) is 0 Å². The zero-order valence-electron chi connectivity index (χ0n) is 14.4. The summed E-state index contributed by atoms with van der Waals surface area (Å²) in [6, 6.07) is 11.8. The van der Waals surface area contributed by atoms with Crippen LogP contribution in [0.5, 0.6) is 0 Å². The maximum atomic E-state index is 12.5. The summed E-state index contributed by atoms with van der Waals surface area (Å²) in [6.45, 7) is 1.32. The molecule has 0 bridgehead atoms. The molecule has 0 aliphatic heterocycles. The summed E-state index contributed by atoms with van der Waals surface area (Å²) in [5.74, 6) is -5.16. The lowest BCUT2D eigenvalue weighted by Gasteiger charge is -2.14. The van der Waals surface area contributed by atoms with Crippen LogP contribution in [0.3, 0.4) is 0 Å². The second kappa shape index (κ2) is 8.58. The van der Waals surface area contributed by atoms with Gasteiger partial charge in [-0.3, -0.25) is 4.79 Å². The van der Waals surface area contributed by atoms with E-state index in [2.05, 4.69) is 5.32 Å². The Kier molecular flexibility index (Phi) is 6.43. The van der Waals surface area contributed by atoms with Crippen molar-refractivity contribution in [3.8, 4) is 6.07 Å². The molecule has 10 heteroatoms. The molecule has 0 fully saturated rings. The number of nitrogens with zero attached hydrogens (tertiary/aromatic N) is 1. The van der Waals surface area contributed by atoms with Gasteiger partial charge in [0.05, 0.1) is 22.1 Å². The van der Waals surface area contributed by atoms with E-state index in [9.17, 15) is 26.8 Å². The lowest BCUT2D eigenvalue weighted by Crippen LogP contribution is -2.30. The van der Waals surface area contributed by atoms with Crippen molar-refractivity contribution in [1.82, 2.24) is 0 Å². The molecule has 146 valence electrons. The number of benzene rings is 2. The van der Waals surface area contributed by atoms with Gasteiger partial charge < -0.3 is 10.1 Å². The zero-order valence-corrected chi connectivity index (χ0v) is 15.2. The fourth-order valence-electron chi connectivity index (χ4n) is 2.08. The van der Waals surface area contributed by atoms with Crippen LogP contribution < -0.4 is 5.32 Å². The fourth-order valence-corrected chi connectivity index (χ4v) is 2.80. The van der Waals surface area contributed by atoms with Gasteiger partial charge in [0.25, 0.3) is 5.91 Å². The van der Waals surface area contributed by atoms with E-state index >= 15 is 0 Å². The third-order valence-electron chi connectivity index (χ3n) is 3.57. The molecule has 0 saturated carbocycles. The molecule has 0 heterocycles. The lowest BCUT2D eigenvalue weighted by atomic mass is 10.2. The van der Waals surface area contributed by atoms with E-state index in [0.717, 1.165) is 24.3 Å². The largest absolute Gasteiger partial charge is 0.449 e. The van der Waals surface area contributed by atoms with E-state index in [1.165, 1.54) is 13.0 Å². The number of esters is 1. The third-order valence-corrected chi connectivity index (χ3v) is 4.96. The first kappa shape index (κ1) is 21.0. The molecule has 0 saturated heterocycles. The van der Waals surface area contributed by atoms with E-state index in [-0.39, 0.29) is 5.56 Å². The highest BCUT2D eigenvalue weighted by molar-refractivity contribution is 7.91. The van der Waals surface area contributed by atoms with Crippen molar-refractivity contribution in [1.29, 1.82) is 5.26 Å². The quantitative estimate of drug-likeness (QED) is 0.736. The molecule has 0 unspecified atom stereocenters. The average molecular weight is 408 g/mol. The van der Waals surface area contributed by atoms with E-state index in [4.69, 9.17) is 10.00 Å². The number of halogens is 2. The van der Waals surface area contributed by atoms with Gasteiger partial charge in [0, 0.05) is 5.69 Å². The Hall–Kier alpha value is -3.32. The standard InChI is InChI=1S/C18H14F2N2O5S/c1-11(16(23)22-14-4-2-3-12(9-14)10-21)27-17(24)13-5-7-15(8-6-13)28(25,26)18(19)20/h2-9,11,18H,1H3,(H,22,23)/t11-/m0/s1. The Balaban J connectivity index is 2.03. The number of rotatable bonds is 6. The molecule has 2 aromatic rings. The summed E-state index contributed by atoms with van der Waals surface area (Å²) >= 11 is 0. The number of hydrogen-bond acceptors (Lipinski definition) is 6. The number of nitrogens with one attached hydrogen (secondary N) is 1. The van der Waals surface area contributed by atoms with Crippen LogP contribution in [-0.4, -0.2) is 32.2 Å². The molecule has 0 radical (unpaired) electrons. The van der Waals surface area contributed by atoms with Crippen molar-refractivity contribution in [2.45, 2.75) is 23.7 Å². The number of carbonyl (C=O) groups is 2. The van der Waals surface area contributed by atoms with Gasteiger partial charge in [-0.05, 0) is 49.4 Å². The van der Waals surface area contributed by atoms with Gasteiger partial charge in [-0.2, -0.15) is 14.0 Å². The maximum absolute atomic E-state index is 12.5. The van der Waals surface area contributed by atoms with Gasteiger partial charge in [-0.25, -0.2) is 13.2 Å². The summed E-state index contributed by atoms with van der Waals surface area (Å²) < 4.78 is 52.7. The molecule has 28 heavy (non-hydrogen) atoms. The third kappa shape index (κ3) is 4.89. The summed E-state index contributed by atoms with van der Waals surface area (Å²) in [4.78, 5) is 23.5. The van der Waals surface area contributed by atoms with E-state index in [0.29, 0.717) is 11.3 Å². The highest BCUT2D eigenvalue weighted by Crippen LogP contribution is 2.19. The predicted octanol–water partition coefficient (Wildman–Crippen LogP) is 2.74. The number of anilines is 1. The Morgan fingerprint density at radius 1 is 1.14 bits per heavy atom. The average Bonchev–Trinajstić information content (AvgIpc) is 2.67. The molecule has 0 aliphatic rings. The SMILES string of the molecule is C[C@H](OC(=O)c1ccc(S(=O)(=O)C(F)F)cc1)C(=O)Nc1cccc(C#N)c1. The molecule has 1 amide bonds. The highest BCUT2D eigenvalue weighted by atomic mass is 32.2. The minimum absolute atomic E-state index is 0.112. The van der Waals surface area contributed by atoms with Gasteiger partial charge in [-0.1, -0.05) is 6.07 Å². The normalized spacial score (nSPS) is 12.1. The van der Waals surface area contributed by atoms with Crippen LogP contribution in [-0.2, 0) is 19.4 Å². The number of hydrogen-bond donors (Lipinski definition) is 1. The van der Waals surface area contributed by atoms with Gasteiger partial charge in [0.2, 0.25) is 9.84 Å². The van der Waals surface area contributed by atoms with Gasteiger partial charge in [0.15, 0.2) is 6.10 Å². The van der Waals surface area contributed by atoms with Crippen LogP contribution in [0.2, 0.25) is 0 Å². The Labute approximate surface area is 159 Å². The molecule has 0 spiro atoms. The zero-order chi connectivity index (χ0) is 20.9. The second-order valence-electron chi connectivity index (χ2n) is 5.56. The fraction of sp³-hybridized carbons (Fsp3) is 0.167. The van der Waals surface area contributed by atoms with Crippen LogP contribution in [0, 0.1) is 11.3 Å². The molecular weight excluding hydrogens is 394 g/mol. The molecule has 2 aromatic carbocycles. The topological polar surface area (TPSA) is 113 Å². The number of amides is 1.